The third kappa shape index (κ3) is 3.65. The van der Waals surface area contributed by atoms with E-state index in [0.717, 1.165) is 28.0 Å². The number of aromatic hydroxyl groups is 1. The average molecular weight is 534 g/mol. The monoisotopic (exact) mass is 533 g/mol. The van der Waals surface area contributed by atoms with Gasteiger partial charge in [0.2, 0.25) is 0 Å². The summed E-state index contributed by atoms with van der Waals surface area (Å²) < 4.78 is 23.1. The Morgan fingerprint density at radius 2 is 1.77 bits per heavy atom. The molecule has 2 bridgehead atoms. The number of fused-ring (bicyclic) bond motifs is 7. The Kier molecular flexibility index (Phi) is 6.63. The lowest BCUT2D eigenvalue weighted by Crippen LogP contribution is -2.61. The van der Waals surface area contributed by atoms with E-state index < -0.39 is 12.0 Å². The standard InChI is InChI=1S/C30H35N3O6/c1-9-19-24-18(28(39-16(4)34)15(3)29(37-7)30(24)38-8)12-21-25-23-17(10-14(2)27(36-6)26(23)35)11-20(32(25)5)22(13-31)33(19)21/h10,12,19-20,22,25,35H,9,11H2,1-8H3/t19-,20+,22-,25-/m0/s1. The highest BCUT2D eigenvalue weighted by atomic mass is 16.5. The first-order valence-electron chi connectivity index (χ1n) is 13.1. The number of phenolic OH excluding ortho intramolecular Hbond substituents is 1. The van der Waals surface area contributed by atoms with Gasteiger partial charge in [0.05, 0.1) is 39.5 Å². The van der Waals surface area contributed by atoms with Crippen LogP contribution in [0.4, 0.5) is 0 Å². The summed E-state index contributed by atoms with van der Waals surface area (Å²) in [5.41, 5.74) is 5.65. The SMILES string of the molecule is CC[C@H]1c2c(c(OC(C)=O)c(C)c(OC)c2OC)C=C2[C@H]3c4c(cc(C)c(OC)c4O)C[C@H]([C@H](C#N)N21)N3C. The van der Waals surface area contributed by atoms with E-state index in [2.05, 4.69) is 28.9 Å². The molecule has 39 heavy (non-hydrogen) atoms. The molecule has 3 aliphatic rings. The van der Waals surface area contributed by atoms with Gasteiger partial charge in [-0.1, -0.05) is 13.0 Å². The maximum absolute atomic E-state index is 12.2. The van der Waals surface area contributed by atoms with Gasteiger partial charge in [-0.25, -0.2) is 0 Å². The van der Waals surface area contributed by atoms with Gasteiger partial charge >= 0.3 is 5.97 Å². The second-order valence-electron chi connectivity index (χ2n) is 10.4. The molecule has 1 fully saturated rings. The minimum atomic E-state index is -0.470. The van der Waals surface area contributed by atoms with Crippen molar-refractivity contribution >= 4 is 12.0 Å². The number of carbonyl (C=O) groups is 1. The molecule has 3 aliphatic heterocycles. The molecule has 2 aromatic rings. The summed E-state index contributed by atoms with van der Waals surface area (Å²) in [5, 5.41) is 22.0. The molecule has 0 saturated carbocycles. The van der Waals surface area contributed by atoms with Crippen LogP contribution in [0.1, 0.15) is 65.7 Å². The highest BCUT2D eigenvalue weighted by Gasteiger charge is 2.53. The van der Waals surface area contributed by atoms with Crippen LogP contribution in [-0.4, -0.2) is 61.3 Å². The van der Waals surface area contributed by atoms with Crippen LogP contribution in [0.5, 0.6) is 28.7 Å². The summed E-state index contributed by atoms with van der Waals surface area (Å²) in [6.45, 7) is 7.19. The number of carbonyl (C=O) groups excluding carboxylic acids is 1. The van der Waals surface area contributed by atoms with Gasteiger partial charge < -0.3 is 29.0 Å². The van der Waals surface area contributed by atoms with Crippen LogP contribution in [0.25, 0.3) is 6.08 Å². The van der Waals surface area contributed by atoms with Gasteiger partial charge in [0.15, 0.2) is 23.0 Å². The van der Waals surface area contributed by atoms with Crippen molar-refractivity contribution in [2.45, 2.75) is 64.7 Å². The molecule has 3 heterocycles. The minimum Gasteiger partial charge on any atom is -0.504 e. The average Bonchev–Trinajstić information content (AvgIpc) is 2.89. The number of rotatable bonds is 5. The molecule has 9 nitrogen and oxygen atoms in total. The second-order valence-corrected chi connectivity index (χ2v) is 10.4. The van der Waals surface area contributed by atoms with Gasteiger partial charge in [-0.2, -0.15) is 5.26 Å². The van der Waals surface area contributed by atoms with Crippen LogP contribution in [0.15, 0.2) is 11.8 Å². The largest absolute Gasteiger partial charge is 0.504 e. The lowest BCUT2D eigenvalue weighted by Gasteiger charge is -2.57. The predicted molar refractivity (Wildman–Crippen MR) is 145 cm³/mol. The third-order valence-corrected chi connectivity index (χ3v) is 8.45. The molecule has 1 saturated heterocycles. The van der Waals surface area contributed by atoms with Gasteiger partial charge in [0, 0.05) is 40.9 Å². The maximum atomic E-state index is 12.2. The molecule has 5 rings (SSSR count). The van der Waals surface area contributed by atoms with Gasteiger partial charge in [-0.05, 0) is 50.9 Å². The summed E-state index contributed by atoms with van der Waals surface area (Å²) in [6, 6.07) is 3.45. The zero-order valence-electron chi connectivity index (χ0n) is 23.7. The number of ether oxygens (including phenoxy) is 4. The van der Waals surface area contributed by atoms with Crippen molar-refractivity contribution in [3.8, 4) is 34.8 Å². The fourth-order valence-corrected chi connectivity index (χ4v) is 6.94. The number of hydrogen-bond donors (Lipinski definition) is 1. The van der Waals surface area contributed by atoms with Crippen molar-refractivity contribution in [2.75, 3.05) is 28.4 Å². The van der Waals surface area contributed by atoms with Crippen molar-refractivity contribution in [2.24, 2.45) is 0 Å². The van der Waals surface area contributed by atoms with Crippen LogP contribution >= 0.6 is 0 Å². The summed E-state index contributed by atoms with van der Waals surface area (Å²) >= 11 is 0. The van der Waals surface area contributed by atoms with E-state index in [1.807, 2.05) is 27.0 Å². The number of likely N-dealkylation sites (N-methyl/N-ethyl adjacent to an activating group) is 1. The molecule has 0 amide bonds. The molecular formula is C30H35N3O6. The summed E-state index contributed by atoms with van der Waals surface area (Å²) in [5.74, 6) is 1.57. The number of aryl methyl sites for hydroxylation is 1. The number of hydrogen-bond acceptors (Lipinski definition) is 9. The first-order valence-corrected chi connectivity index (χ1v) is 13.1. The van der Waals surface area contributed by atoms with Crippen LogP contribution in [0.2, 0.25) is 0 Å². The van der Waals surface area contributed by atoms with Gasteiger partial charge in [0.1, 0.15) is 11.8 Å². The minimum absolute atomic E-state index is 0.112. The zero-order valence-corrected chi connectivity index (χ0v) is 23.7. The molecule has 1 N–H and O–H groups in total. The zero-order chi connectivity index (χ0) is 28.3. The van der Waals surface area contributed by atoms with Crippen LogP contribution in [0, 0.1) is 25.2 Å². The number of methoxy groups -OCH3 is 3. The van der Waals surface area contributed by atoms with Gasteiger partial charge in [0.25, 0.3) is 0 Å². The van der Waals surface area contributed by atoms with E-state index in [1.54, 1.807) is 21.3 Å². The number of phenols is 1. The van der Waals surface area contributed by atoms with Crippen molar-refractivity contribution in [1.29, 1.82) is 5.26 Å². The number of esters is 1. The predicted octanol–water partition coefficient (Wildman–Crippen LogP) is 4.57. The fraction of sp³-hybridized carbons (Fsp3) is 0.467. The second kappa shape index (κ2) is 9.69. The third-order valence-electron chi connectivity index (χ3n) is 8.45. The normalized spacial score (nSPS) is 23.1. The number of nitriles is 1. The van der Waals surface area contributed by atoms with Crippen LogP contribution in [0.3, 0.4) is 0 Å². The lowest BCUT2D eigenvalue weighted by molar-refractivity contribution is -0.131. The molecule has 2 aromatic carbocycles. The molecule has 0 spiro atoms. The van der Waals surface area contributed by atoms with E-state index in [-0.39, 0.29) is 23.9 Å². The first-order chi connectivity index (χ1) is 18.6. The smallest absolute Gasteiger partial charge is 0.308 e. The Morgan fingerprint density at radius 1 is 1.10 bits per heavy atom. The Morgan fingerprint density at radius 3 is 2.33 bits per heavy atom. The molecule has 0 aliphatic carbocycles. The molecule has 0 radical (unpaired) electrons. The van der Waals surface area contributed by atoms with E-state index in [9.17, 15) is 15.2 Å². The molecule has 4 atom stereocenters. The van der Waals surface area contributed by atoms with Crippen molar-refractivity contribution < 1.29 is 28.8 Å². The number of nitrogens with zero attached hydrogens (tertiary/aromatic N) is 3. The maximum Gasteiger partial charge on any atom is 0.308 e. The van der Waals surface area contributed by atoms with Crippen LogP contribution < -0.4 is 18.9 Å². The van der Waals surface area contributed by atoms with E-state index in [1.165, 1.54) is 6.92 Å². The lowest BCUT2D eigenvalue weighted by atomic mass is 9.75. The van der Waals surface area contributed by atoms with Crippen molar-refractivity contribution in [1.82, 2.24) is 9.80 Å². The number of piperazine rings is 1. The molecule has 0 unspecified atom stereocenters. The van der Waals surface area contributed by atoms with E-state index in [0.29, 0.717) is 47.0 Å². The van der Waals surface area contributed by atoms with Crippen LogP contribution in [-0.2, 0) is 11.2 Å². The van der Waals surface area contributed by atoms with Crippen molar-refractivity contribution in [3.05, 3.63) is 45.1 Å². The summed E-state index contributed by atoms with van der Waals surface area (Å²) in [6.07, 6.45) is 3.25. The highest BCUT2D eigenvalue weighted by Crippen LogP contribution is 2.58. The Bertz CT molecular complexity index is 1440. The molecule has 0 aromatic heterocycles. The number of benzene rings is 2. The van der Waals surface area contributed by atoms with Gasteiger partial charge in [-0.15, -0.1) is 0 Å². The topological polar surface area (TPSA) is 104 Å². The molecule has 206 valence electrons. The Hall–Kier alpha value is -3.90. The van der Waals surface area contributed by atoms with Crippen molar-refractivity contribution in [3.63, 3.8) is 0 Å². The summed E-state index contributed by atoms with van der Waals surface area (Å²) in [7, 11) is 6.71. The van der Waals surface area contributed by atoms with E-state index in [4.69, 9.17) is 18.9 Å². The van der Waals surface area contributed by atoms with Gasteiger partial charge in [-0.3, -0.25) is 9.69 Å². The fourth-order valence-electron chi connectivity index (χ4n) is 6.94. The highest BCUT2D eigenvalue weighted by molar-refractivity contribution is 5.80. The molecule has 9 heteroatoms. The molecular weight excluding hydrogens is 498 g/mol. The first kappa shape index (κ1) is 26.7. The Labute approximate surface area is 229 Å². The van der Waals surface area contributed by atoms with E-state index >= 15 is 0 Å². The quantitative estimate of drug-likeness (QED) is 0.437. The summed E-state index contributed by atoms with van der Waals surface area (Å²) in [4.78, 5) is 16.6. The Balaban J connectivity index is 1.89.